The molecule has 0 fully saturated rings. The van der Waals surface area contributed by atoms with E-state index in [2.05, 4.69) is 5.32 Å². The number of hydrogen-bond donors (Lipinski definition) is 1. The van der Waals surface area contributed by atoms with Gasteiger partial charge in [-0.1, -0.05) is 17.7 Å². The molecule has 0 saturated carbocycles. The number of hydrogen-bond acceptors (Lipinski definition) is 4. The van der Waals surface area contributed by atoms with Crippen LogP contribution in [0.3, 0.4) is 0 Å². The van der Waals surface area contributed by atoms with Gasteiger partial charge in [0.05, 0.1) is 17.6 Å². The molecule has 0 aliphatic carbocycles. The molecule has 0 saturated heterocycles. The van der Waals surface area contributed by atoms with Gasteiger partial charge in [0.15, 0.2) is 0 Å². The third kappa shape index (κ3) is 3.60. The first kappa shape index (κ1) is 15.5. The molecule has 6 heteroatoms. The van der Waals surface area contributed by atoms with Gasteiger partial charge >= 0.3 is 0 Å². The summed E-state index contributed by atoms with van der Waals surface area (Å²) in [4.78, 5) is 22.8. The summed E-state index contributed by atoms with van der Waals surface area (Å²) in [7, 11) is 0. The Morgan fingerprint density at radius 2 is 2.05 bits per heavy atom. The highest BCUT2D eigenvalue weighted by Gasteiger charge is 2.18. The molecule has 0 radical (unpaired) electrons. The lowest BCUT2D eigenvalue weighted by molar-refractivity contribution is -0.384. The molecule has 0 atom stereocenters. The number of carbonyl (C=O) groups is 1. The highest BCUT2D eigenvalue weighted by molar-refractivity contribution is 6.05. The van der Waals surface area contributed by atoms with Gasteiger partial charge in [-0.05, 0) is 38.1 Å². The molecule has 0 aliphatic rings. The second-order valence-electron chi connectivity index (χ2n) is 4.69. The van der Waals surface area contributed by atoms with Crippen LogP contribution in [0.15, 0.2) is 42.5 Å². The fraction of sp³-hybridized carbons (Fsp3) is 0.188. The van der Waals surface area contributed by atoms with E-state index in [0.29, 0.717) is 17.9 Å². The quantitative estimate of drug-likeness (QED) is 0.676. The average Bonchev–Trinajstić information content (AvgIpc) is 2.48. The van der Waals surface area contributed by atoms with Crippen molar-refractivity contribution >= 4 is 17.3 Å². The second-order valence-corrected chi connectivity index (χ2v) is 4.69. The molecule has 0 aliphatic heterocycles. The van der Waals surface area contributed by atoms with E-state index in [1.54, 1.807) is 31.2 Å². The van der Waals surface area contributed by atoms with Crippen LogP contribution in [0.5, 0.6) is 5.75 Å². The maximum atomic E-state index is 12.2. The number of anilines is 1. The van der Waals surface area contributed by atoms with E-state index in [1.807, 2.05) is 13.0 Å². The number of carbonyl (C=O) groups excluding carboxylic acids is 1. The molecule has 6 nitrogen and oxygen atoms in total. The summed E-state index contributed by atoms with van der Waals surface area (Å²) in [5.41, 5.74) is 1.32. The first-order valence-corrected chi connectivity index (χ1v) is 6.80. The summed E-state index contributed by atoms with van der Waals surface area (Å²) < 4.78 is 5.24. The zero-order chi connectivity index (χ0) is 16.1. The Morgan fingerprint density at radius 1 is 1.27 bits per heavy atom. The second kappa shape index (κ2) is 6.71. The number of aryl methyl sites for hydroxylation is 1. The van der Waals surface area contributed by atoms with E-state index >= 15 is 0 Å². The van der Waals surface area contributed by atoms with Crippen LogP contribution in [-0.2, 0) is 0 Å². The van der Waals surface area contributed by atoms with Gasteiger partial charge in [0.1, 0.15) is 11.4 Å². The number of nitro benzene ring substituents is 1. The summed E-state index contributed by atoms with van der Waals surface area (Å²) >= 11 is 0. The molecule has 2 aromatic carbocycles. The predicted octanol–water partition coefficient (Wildman–Crippen LogP) is 3.55. The zero-order valence-electron chi connectivity index (χ0n) is 12.3. The first-order chi connectivity index (χ1) is 10.5. The van der Waals surface area contributed by atoms with E-state index in [9.17, 15) is 14.9 Å². The van der Waals surface area contributed by atoms with Crippen LogP contribution in [0.2, 0.25) is 0 Å². The summed E-state index contributed by atoms with van der Waals surface area (Å²) in [6.45, 7) is 4.07. The molecule has 114 valence electrons. The van der Waals surface area contributed by atoms with Crippen LogP contribution in [0.4, 0.5) is 11.4 Å². The Kier molecular flexibility index (Phi) is 4.73. The van der Waals surface area contributed by atoms with Gasteiger partial charge in [0.25, 0.3) is 11.6 Å². The highest BCUT2D eigenvalue weighted by atomic mass is 16.6. The predicted molar refractivity (Wildman–Crippen MR) is 83.4 cm³/mol. The fourth-order valence-corrected chi connectivity index (χ4v) is 2.01. The molecule has 2 aromatic rings. The van der Waals surface area contributed by atoms with Gasteiger partial charge in [-0.25, -0.2) is 0 Å². The maximum Gasteiger partial charge on any atom is 0.296 e. The third-order valence-corrected chi connectivity index (χ3v) is 3.01. The highest BCUT2D eigenvalue weighted by Crippen LogP contribution is 2.29. The molecule has 0 aromatic heterocycles. The van der Waals surface area contributed by atoms with Crippen LogP contribution < -0.4 is 10.1 Å². The van der Waals surface area contributed by atoms with Gasteiger partial charge in [-0.15, -0.1) is 0 Å². The lowest BCUT2D eigenvalue weighted by atomic mass is 10.1. The topological polar surface area (TPSA) is 81.5 Å². The summed E-state index contributed by atoms with van der Waals surface area (Å²) in [5.74, 6) is -0.00119. The van der Waals surface area contributed by atoms with E-state index in [4.69, 9.17) is 4.74 Å². The summed E-state index contributed by atoms with van der Waals surface area (Å²) in [5, 5.41) is 13.7. The van der Waals surface area contributed by atoms with Gasteiger partial charge in [0.2, 0.25) is 0 Å². The van der Waals surface area contributed by atoms with Crippen LogP contribution >= 0.6 is 0 Å². The van der Waals surface area contributed by atoms with E-state index in [0.717, 1.165) is 5.56 Å². The van der Waals surface area contributed by atoms with Crippen LogP contribution in [0.1, 0.15) is 22.8 Å². The monoisotopic (exact) mass is 300 g/mol. The Labute approximate surface area is 127 Å². The number of nitrogens with zero attached hydrogens (tertiary/aromatic N) is 1. The average molecular weight is 300 g/mol. The summed E-state index contributed by atoms with van der Waals surface area (Å²) in [6, 6.07) is 11.4. The molecule has 2 rings (SSSR count). The molecule has 1 N–H and O–H groups in total. The molecular weight excluding hydrogens is 284 g/mol. The number of nitrogens with one attached hydrogen (secondary N) is 1. The largest absolute Gasteiger partial charge is 0.494 e. The molecule has 0 unspecified atom stereocenters. The SMILES string of the molecule is CCOc1ccc(NC(=O)c2cccc(C)c2)c([N+](=O)[O-])c1. The Hall–Kier alpha value is -2.89. The van der Waals surface area contributed by atoms with Crippen LogP contribution in [-0.4, -0.2) is 17.4 Å². The van der Waals surface area contributed by atoms with Crippen molar-refractivity contribution in [3.63, 3.8) is 0 Å². The van der Waals surface area contributed by atoms with E-state index in [1.165, 1.54) is 12.1 Å². The van der Waals surface area contributed by atoms with E-state index < -0.39 is 10.8 Å². The fourth-order valence-electron chi connectivity index (χ4n) is 2.01. The van der Waals surface area contributed by atoms with Crippen LogP contribution in [0, 0.1) is 17.0 Å². The maximum absolute atomic E-state index is 12.2. The molecule has 0 spiro atoms. The summed E-state index contributed by atoms with van der Waals surface area (Å²) in [6.07, 6.45) is 0. The molecule has 0 heterocycles. The number of rotatable bonds is 5. The zero-order valence-corrected chi connectivity index (χ0v) is 12.3. The van der Waals surface area contributed by atoms with Crippen LogP contribution in [0.25, 0.3) is 0 Å². The van der Waals surface area contributed by atoms with Crippen molar-refractivity contribution in [3.8, 4) is 5.75 Å². The number of ether oxygens (including phenoxy) is 1. The molecule has 22 heavy (non-hydrogen) atoms. The lowest BCUT2D eigenvalue weighted by Crippen LogP contribution is -2.13. The van der Waals surface area contributed by atoms with E-state index in [-0.39, 0.29) is 11.4 Å². The standard InChI is InChI=1S/C16H16N2O4/c1-3-22-13-7-8-14(15(10-13)18(20)21)17-16(19)12-6-4-5-11(2)9-12/h4-10H,3H2,1-2H3,(H,17,19). The van der Waals surface area contributed by atoms with Gasteiger partial charge in [-0.3, -0.25) is 14.9 Å². The molecule has 1 amide bonds. The van der Waals surface area contributed by atoms with Crippen molar-refractivity contribution in [3.05, 3.63) is 63.7 Å². The Balaban J connectivity index is 2.28. The first-order valence-electron chi connectivity index (χ1n) is 6.80. The number of nitro groups is 1. The Morgan fingerprint density at radius 3 is 2.68 bits per heavy atom. The van der Waals surface area contributed by atoms with Gasteiger partial charge in [-0.2, -0.15) is 0 Å². The smallest absolute Gasteiger partial charge is 0.296 e. The molecular formula is C16H16N2O4. The van der Waals surface area contributed by atoms with Crippen molar-refractivity contribution in [1.29, 1.82) is 0 Å². The normalized spacial score (nSPS) is 10.1. The number of amides is 1. The van der Waals surface area contributed by atoms with Crippen molar-refractivity contribution in [2.45, 2.75) is 13.8 Å². The van der Waals surface area contributed by atoms with Crippen molar-refractivity contribution in [2.24, 2.45) is 0 Å². The van der Waals surface area contributed by atoms with Crippen molar-refractivity contribution in [1.82, 2.24) is 0 Å². The molecule has 0 bridgehead atoms. The minimum Gasteiger partial charge on any atom is -0.494 e. The van der Waals surface area contributed by atoms with Gasteiger partial charge in [0, 0.05) is 5.56 Å². The minimum absolute atomic E-state index is 0.139. The Bertz CT molecular complexity index is 713. The van der Waals surface area contributed by atoms with Crippen molar-refractivity contribution < 1.29 is 14.5 Å². The lowest BCUT2D eigenvalue weighted by Gasteiger charge is -2.08. The van der Waals surface area contributed by atoms with Crippen molar-refractivity contribution in [2.75, 3.05) is 11.9 Å². The minimum atomic E-state index is -0.547. The van der Waals surface area contributed by atoms with Gasteiger partial charge < -0.3 is 10.1 Å². The third-order valence-electron chi connectivity index (χ3n) is 3.01. The number of benzene rings is 2.